The third-order valence-corrected chi connectivity index (χ3v) is 5.34. The topological polar surface area (TPSA) is 85.1 Å². The van der Waals surface area contributed by atoms with Gasteiger partial charge in [0.05, 0.1) is 22.6 Å². The van der Waals surface area contributed by atoms with E-state index < -0.39 is 5.92 Å². The van der Waals surface area contributed by atoms with Crippen LogP contribution in [0.3, 0.4) is 0 Å². The Balaban J connectivity index is 2.07. The van der Waals surface area contributed by atoms with Crippen molar-refractivity contribution in [1.82, 2.24) is 5.32 Å². The van der Waals surface area contributed by atoms with E-state index in [0.29, 0.717) is 22.5 Å². The van der Waals surface area contributed by atoms with Crippen LogP contribution in [0.1, 0.15) is 25.3 Å². The fraction of sp³-hybridized carbons (Fsp3) is 0.182. The average molecular weight is 391 g/mol. The zero-order chi connectivity index (χ0) is 20.1. The Bertz CT molecular complexity index is 973. The first-order chi connectivity index (χ1) is 13.5. The number of hydrogen-bond donors (Lipinski definition) is 3. The van der Waals surface area contributed by atoms with Crippen molar-refractivity contribution in [3.05, 3.63) is 82.0 Å². The number of carbonyl (C=O) groups excluding carboxylic acids is 1. The van der Waals surface area contributed by atoms with Gasteiger partial charge in [-0.05, 0) is 42.5 Å². The van der Waals surface area contributed by atoms with Crippen molar-refractivity contribution in [2.24, 2.45) is 0 Å². The second-order valence-corrected chi connectivity index (χ2v) is 7.57. The number of carbonyl (C=O) groups is 1. The number of allylic oxidation sites excluding steroid dienone is 2. The first-order valence-corrected chi connectivity index (χ1v) is 9.93. The quantitative estimate of drug-likeness (QED) is 0.700. The van der Waals surface area contributed by atoms with Crippen molar-refractivity contribution >= 4 is 23.4 Å². The van der Waals surface area contributed by atoms with Crippen LogP contribution in [-0.2, 0) is 4.79 Å². The molecule has 5 nitrogen and oxygen atoms in total. The van der Waals surface area contributed by atoms with E-state index in [4.69, 9.17) is 0 Å². The fourth-order valence-corrected chi connectivity index (χ4v) is 4.02. The van der Waals surface area contributed by atoms with Crippen LogP contribution in [0.25, 0.3) is 0 Å². The number of amides is 1. The minimum absolute atomic E-state index is 0.138. The van der Waals surface area contributed by atoms with Crippen LogP contribution in [-0.4, -0.2) is 16.8 Å². The van der Waals surface area contributed by atoms with Crippen LogP contribution in [0.4, 0.5) is 5.69 Å². The van der Waals surface area contributed by atoms with Gasteiger partial charge in [0.2, 0.25) is 0 Å². The summed E-state index contributed by atoms with van der Waals surface area (Å²) in [5.41, 5.74) is 3.17. The van der Waals surface area contributed by atoms with Crippen molar-refractivity contribution in [2.45, 2.75) is 19.8 Å². The molecule has 1 atom stereocenters. The van der Waals surface area contributed by atoms with Gasteiger partial charge in [0.1, 0.15) is 5.75 Å². The van der Waals surface area contributed by atoms with Crippen LogP contribution >= 0.6 is 11.8 Å². The van der Waals surface area contributed by atoms with Crippen LogP contribution in [0.5, 0.6) is 5.75 Å². The van der Waals surface area contributed by atoms with E-state index in [1.54, 1.807) is 24.3 Å². The number of phenolic OH excluding ortho intramolecular Hbond substituents is 1. The molecule has 0 fully saturated rings. The van der Waals surface area contributed by atoms with Crippen LogP contribution in [0.15, 0.2) is 76.5 Å². The van der Waals surface area contributed by atoms with Gasteiger partial charge in [-0.1, -0.05) is 37.3 Å². The van der Waals surface area contributed by atoms with Crippen LogP contribution < -0.4 is 10.6 Å². The summed E-state index contributed by atoms with van der Waals surface area (Å²) in [6, 6.07) is 18.2. The molecule has 1 heterocycles. The lowest BCUT2D eigenvalue weighted by molar-refractivity contribution is -0.113. The molecule has 0 saturated heterocycles. The average Bonchev–Trinajstić information content (AvgIpc) is 2.69. The van der Waals surface area contributed by atoms with Crippen molar-refractivity contribution in [1.29, 1.82) is 5.26 Å². The summed E-state index contributed by atoms with van der Waals surface area (Å²) in [5.74, 6) is 0.167. The zero-order valence-corrected chi connectivity index (χ0v) is 16.5. The molecule has 0 bridgehead atoms. The van der Waals surface area contributed by atoms with Crippen molar-refractivity contribution < 1.29 is 9.90 Å². The van der Waals surface area contributed by atoms with Gasteiger partial charge in [-0.25, -0.2) is 0 Å². The lowest BCUT2D eigenvalue weighted by atomic mass is 9.82. The first-order valence-electron chi connectivity index (χ1n) is 8.95. The Morgan fingerprint density at radius 3 is 2.50 bits per heavy atom. The highest BCUT2D eigenvalue weighted by Gasteiger charge is 2.34. The minimum Gasteiger partial charge on any atom is -0.508 e. The highest BCUT2D eigenvalue weighted by atomic mass is 32.2. The van der Waals surface area contributed by atoms with Crippen LogP contribution in [0.2, 0.25) is 0 Å². The van der Waals surface area contributed by atoms with Gasteiger partial charge < -0.3 is 15.7 Å². The predicted octanol–water partition coefficient (Wildman–Crippen LogP) is 4.48. The molecule has 6 heteroatoms. The molecule has 0 aliphatic carbocycles. The summed E-state index contributed by atoms with van der Waals surface area (Å²) in [6.07, 6.45) is 0. The van der Waals surface area contributed by atoms with Crippen LogP contribution in [0, 0.1) is 11.3 Å². The normalized spacial score (nSPS) is 16.4. The predicted molar refractivity (Wildman–Crippen MR) is 113 cm³/mol. The van der Waals surface area contributed by atoms with Gasteiger partial charge in [0.15, 0.2) is 0 Å². The molecule has 1 amide bonds. The summed E-state index contributed by atoms with van der Waals surface area (Å²) in [7, 11) is 0. The molecule has 3 rings (SSSR count). The Morgan fingerprint density at radius 2 is 1.89 bits per heavy atom. The summed E-state index contributed by atoms with van der Waals surface area (Å²) >= 11 is 1.54. The van der Waals surface area contributed by atoms with Gasteiger partial charge in [-0.3, -0.25) is 4.79 Å². The lowest BCUT2D eigenvalue weighted by Crippen LogP contribution is -2.30. The third-order valence-electron chi connectivity index (χ3n) is 4.44. The van der Waals surface area contributed by atoms with Gasteiger partial charge >= 0.3 is 0 Å². The smallest absolute Gasteiger partial charge is 0.254 e. The Morgan fingerprint density at radius 1 is 1.21 bits per heavy atom. The SMILES string of the molecule is CCSC1=C(C#N)[C@@H](c2ccc(O)cc2)C(C(=O)Nc2ccccc2)=C(C)N1. The summed E-state index contributed by atoms with van der Waals surface area (Å²) in [4.78, 5) is 13.2. The minimum atomic E-state index is -0.510. The highest BCUT2D eigenvalue weighted by Crippen LogP contribution is 2.41. The number of dihydropyridines is 1. The van der Waals surface area contributed by atoms with E-state index >= 15 is 0 Å². The second-order valence-electron chi connectivity index (χ2n) is 6.30. The number of rotatable bonds is 5. The number of nitriles is 1. The maximum atomic E-state index is 13.2. The molecule has 1 aliphatic heterocycles. The number of anilines is 1. The van der Waals surface area contributed by atoms with E-state index in [9.17, 15) is 15.2 Å². The van der Waals surface area contributed by atoms with Crippen molar-refractivity contribution in [3.8, 4) is 11.8 Å². The molecular weight excluding hydrogens is 370 g/mol. The van der Waals surface area contributed by atoms with Gasteiger partial charge in [0, 0.05) is 17.0 Å². The van der Waals surface area contributed by atoms with E-state index in [1.807, 2.05) is 44.2 Å². The van der Waals surface area contributed by atoms with Crippen molar-refractivity contribution in [2.75, 3.05) is 11.1 Å². The van der Waals surface area contributed by atoms with E-state index in [-0.39, 0.29) is 11.7 Å². The molecule has 3 N–H and O–H groups in total. The van der Waals surface area contributed by atoms with E-state index in [1.165, 1.54) is 11.8 Å². The Kier molecular flexibility index (Phi) is 6.07. The second kappa shape index (κ2) is 8.68. The Labute approximate surface area is 168 Å². The third kappa shape index (κ3) is 4.05. The molecule has 28 heavy (non-hydrogen) atoms. The van der Waals surface area contributed by atoms with Gasteiger partial charge in [-0.15, -0.1) is 11.8 Å². The number of phenols is 1. The molecule has 2 aromatic rings. The highest BCUT2D eigenvalue weighted by molar-refractivity contribution is 8.03. The zero-order valence-electron chi connectivity index (χ0n) is 15.7. The number of benzene rings is 2. The number of thioether (sulfide) groups is 1. The molecule has 0 spiro atoms. The molecule has 0 aromatic heterocycles. The number of aromatic hydroxyl groups is 1. The molecule has 0 unspecified atom stereocenters. The molecule has 0 saturated carbocycles. The fourth-order valence-electron chi connectivity index (χ4n) is 3.19. The molecule has 0 radical (unpaired) electrons. The lowest BCUT2D eigenvalue weighted by Gasteiger charge is -2.29. The maximum absolute atomic E-state index is 13.2. The number of para-hydroxylation sites is 1. The molecule has 1 aliphatic rings. The number of hydrogen-bond acceptors (Lipinski definition) is 5. The number of nitrogens with zero attached hydrogens (tertiary/aromatic N) is 1. The monoisotopic (exact) mass is 391 g/mol. The van der Waals surface area contributed by atoms with Crippen molar-refractivity contribution in [3.63, 3.8) is 0 Å². The standard InChI is InChI=1S/C22H21N3O2S/c1-3-28-22-18(13-23)20(15-9-11-17(26)12-10-15)19(14(2)24-22)21(27)25-16-7-5-4-6-8-16/h4-12,20,24,26H,3H2,1-2H3,(H,25,27)/t20-/m1/s1. The summed E-state index contributed by atoms with van der Waals surface area (Å²) in [5, 5.41) is 26.5. The van der Waals surface area contributed by atoms with Gasteiger partial charge in [0.25, 0.3) is 5.91 Å². The van der Waals surface area contributed by atoms with Gasteiger partial charge in [-0.2, -0.15) is 5.26 Å². The van der Waals surface area contributed by atoms with E-state index in [0.717, 1.165) is 16.3 Å². The summed E-state index contributed by atoms with van der Waals surface area (Å²) < 4.78 is 0. The largest absolute Gasteiger partial charge is 0.508 e. The summed E-state index contributed by atoms with van der Waals surface area (Å²) in [6.45, 7) is 3.86. The molecule has 2 aromatic carbocycles. The van der Waals surface area contributed by atoms with E-state index in [2.05, 4.69) is 16.7 Å². The molecule has 142 valence electrons. The Hall–Kier alpha value is -3.17. The maximum Gasteiger partial charge on any atom is 0.254 e. The molecular formula is C22H21N3O2S. The number of nitrogens with one attached hydrogen (secondary N) is 2. The first kappa shape index (κ1) is 19.6.